The number of para-hydroxylation sites is 2. The van der Waals surface area contributed by atoms with Gasteiger partial charge < -0.3 is 19.6 Å². The quantitative estimate of drug-likeness (QED) is 0.144. The van der Waals surface area contributed by atoms with Crippen LogP contribution in [-0.2, 0) is 11.4 Å². The molecule has 0 aliphatic rings. The number of carboxylic acid groups (broad SMARTS) is 1. The SMILES string of the molecule is COc1cc(/C=C(\Sc2nc3ccccc3[nH]2)C(=O)O)ccc1OCc1ccc([N+](=O)[O-])cc1. The first-order valence-corrected chi connectivity index (χ1v) is 10.9. The lowest BCUT2D eigenvalue weighted by Gasteiger charge is -2.12. The number of nitro benzene ring substituents is 1. The van der Waals surface area contributed by atoms with Crippen LogP contribution in [0.5, 0.6) is 11.5 Å². The van der Waals surface area contributed by atoms with E-state index >= 15 is 0 Å². The number of rotatable bonds is 9. The maximum absolute atomic E-state index is 11.8. The lowest BCUT2D eigenvalue weighted by Crippen LogP contribution is -1.99. The van der Waals surface area contributed by atoms with Crippen LogP contribution in [0.15, 0.2) is 76.8 Å². The van der Waals surface area contributed by atoms with Crippen LogP contribution in [0.4, 0.5) is 5.69 Å². The molecule has 34 heavy (non-hydrogen) atoms. The Morgan fingerprint density at radius 2 is 1.91 bits per heavy atom. The molecule has 1 heterocycles. The van der Waals surface area contributed by atoms with Gasteiger partial charge in [-0.05, 0) is 65.4 Å². The van der Waals surface area contributed by atoms with E-state index in [0.717, 1.165) is 28.4 Å². The van der Waals surface area contributed by atoms with Gasteiger partial charge in [0.05, 0.1) is 23.1 Å². The molecule has 0 saturated heterocycles. The van der Waals surface area contributed by atoms with Crippen molar-refractivity contribution in [2.45, 2.75) is 11.8 Å². The highest BCUT2D eigenvalue weighted by Crippen LogP contribution is 2.32. The highest BCUT2D eigenvalue weighted by Gasteiger charge is 2.14. The van der Waals surface area contributed by atoms with Gasteiger partial charge in [0.15, 0.2) is 16.7 Å². The minimum atomic E-state index is -1.08. The largest absolute Gasteiger partial charge is 0.493 e. The van der Waals surface area contributed by atoms with Crippen LogP contribution in [-0.4, -0.2) is 33.1 Å². The Hall–Kier alpha value is -4.31. The van der Waals surface area contributed by atoms with Crippen molar-refractivity contribution in [2.75, 3.05) is 7.11 Å². The molecule has 0 atom stereocenters. The third-order valence-electron chi connectivity index (χ3n) is 4.81. The molecule has 10 heteroatoms. The number of aromatic amines is 1. The normalized spacial score (nSPS) is 11.4. The maximum Gasteiger partial charge on any atom is 0.342 e. The van der Waals surface area contributed by atoms with Crippen LogP contribution in [0.3, 0.4) is 0 Å². The van der Waals surface area contributed by atoms with E-state index in [2.05, 4.69) is 9.97 Å². The van der Waals surface area contributed by atoms with Crippen molar-refractivity contribution < 1.29 is 24.3 Å². The Morgan fingerprint density at radius 1 is 1.15 bits per heavy atom. The summed E-state index contributed by atoms with van der Waals surface area (Å²) < 4.78 is 11.2. The summed E-state index contributed by atoms with van der Waals surface area (Å²) in [6.45, 7) is 0.186. The van der Waals surface area contributed by atoms with E-state index in [1.165, 1.54) is 25.3 Å². The second kappa shape index (κ2) is 10.1. The van der Waals surface area contributed by atoms with Crippen LogP contribution in [0.1, 0.15) is 11.1 Å². The minimum Gasteiger partial charge on any atom is -0.493 e. The Bertz CT molecular complexity index is 1350. The van der Waals surface area contributed by atoms with Crippen LogP contribution >= 0.6 is 11.8 Å². The average molecular weight is 477 g/mol. The standard InChI is InChI=1S/C24H19N3O6S/c1-32-21-12-16(8-11-20(21)33-14-15-6-9-17(10-7-15)27(30)31)13-22(23(28)29)34-24-25-18-4-2-3-5-19(18)26-24/h2-13H,14H2,1H3,(H,25,26)(H,28,29)/b22-13-. The molecule has 0 radical (unpaired) electrons. The fraction of sp³-hybridized carbons (Fsp3) is 0.0833. The molecule has 9 nitrogen and oxygen atoms in total. The van der Waals surface area contributed by atoms with Crippen molar-refractivity contribution in [3.05, 3.63) is 92.9 Å². The highest BCUT2D eigenvalue weighted by molar-refractivity contribution is 8.04. The van der Waals surface area contributed by atoms with Crippen molar-refractivity contribution in [3.63, 3.8) is 0 Å². The molecular weight excluding hydrogens is 458 g/mol. The van der Waals surface area contributed by atoms with Gasteiger partial charge in [-0.1, -0.05) is 18.2 Å². The Labute approximate surface area is 198 Å². The van der Waals surface area contributed by atoms with Crippen molar-refractivity contribution in [1.82, 2.24) is 9.97 Å². The Balaban J connectivity index is 1.51. The molecule has 0 bridgehead atoms. The van der Waals surface area contributed by atoms with E-state index in [1.807, 2.05) is 24.3 Å². The number of carboxylic acids is 1. The molecule has 0 unspecified atom stereocenters. The summed E-state index contributed by atoms with van der Waals surface area (Å²) in [7, 11) is 1.49. The maximum atomic E-state index is 11.8. The van der Waals surface area contributed by atoms with Gasteiger partial charge in [-0.25, -0.2) is 9.78 Å². The molecule has 0 fully saturated rings. The second-order valence-electron chi connectivity index (χ2n) is 7.10. The van der Waals surface area contributed by atoms with E-state index in [1.54, 1.807) is 30.3 Å². The fourth-order valence-electron chi connectivity index (χ4n) is 3.14. The number of hydrogen-bond donors (Lipinski definition) is 2. The van der Waals surface area contributed by atoms with Crippen LogP contribution in [0.25, 0.3) is 17.1 Å². The number of nitro groups is 1. The van der Waals surface area contributed by atoms with Crippen LogP contribution in [0, 0.1) is 10.1 Å². The third-order valence-corrected chi connectivity index (χ3v) is 5.71. The van der Waals surface area contributed by atoms with Crippen LogP contribution < -0.4 is 9.47 Å². The molecule has 1 aromatic heterocycles. The molecule has 0 spiro atoms. The Kier molecular flexibility index (Phi) is 6.79. The number of thioether (sulfide) groups is 1. The summed E-state index contributed by atoms with van der Waals surface area (Å²) in [5, 5.41) is 20.9. The monoisotopic (exact) mass is 477 g/mol. The third kappa shape index (κ3) is 5.36. The Morgan fingerprint density at radius 3 is 2.59 bits per heavy atom. The number of imidazole rings is 1. The molecular formula is C24H19N3O6S. The summed E-state index contributed by atoms with van der Waals surface area (Å²) in [6, 6.07) is 18.6. The first-order valence-electron chi connectivity index (χ1n) is 10.0. The fourth-order valence-corrected chi connectivity index (χ4v) is 3.93. The highest BCUT2D eigenvalue weighted by atomic mass is 32.2. The van der Waals surface area contributed by atoms with Gasteiger partial charge in [0.1, 0.15) is 11.5 Å². The van der Waals surface area contributed by atoms with E-state index in [-0.39, 0.29) is 17.2 Å². The molecule has 0 aliphatic carbocycles. The second-order valence-corrected chi connectivity index (χ2v) is 8.13. The van der Waals surface area contributed by atoms with Gasteiger partial charge >= 0.3 is 5.97 Å². The van der Waals surface area contributed by atoms with Crippen molar-refractivity contribution in [2.24, 2.45) is 0 Å². The number of aliphatic carboxylic acids is 1. The molecule has 0 saturated carbocycles. The number of hydrogen-bond acceptors (Lipinski definition) is 7. The average Bonchev–Trinajstić information content (AvgIpc) is 3.25. The predicted octanol–water partition coefficient (Wildman–Crippen LogP) is 5.28. The van der Waals surface area contributed by atoms with Gasteiger partial charge in [0.2, 0.25) is 0 Å². The number of benzene rings is 3. The molecule has 3 aromatic carbocycles. The van der Waals surface area contributed by atoms with E-state index in [0.29, 0.717) is 22.2 Å². The number of nitrogens with zero attached hydrogens (tertiary/aromatic N) is 2. The van der Waals surface area contributed by atoms with Crippen molar-refractivity contribution in [3.8, 4) is 11.5 Å². The number of ether oxygens (including phenoxy) is 2. The zero-order chi connectivity index (χ0) is 24.1. The molecule has 4 aromatic rings. The predicted molar refractivity (Wildman–Crippen MR) is 128 cm³/mol. The zero-order valence-electron chi connectivity index (χ0n) is 17.9. The summed E-state index contributed by atoms with van der Waals surface area (Å²) >= 11 is 1.02. The van der Waals surface area contributed by atoms with Crippen molar-refractivity contribution >= 4 is 40.5 Å². The van der Waals surface area contributed by atoms with Gasteiger partial charge in [-0.15, -0.1) is 0 Å². The van der Waals surface area contributed by atoms with Gasteiger partial charge in [0, 0.05) is 12.1 Å². The van der Waals surface area contributed by atoms with Crippen molar-refractivity contribution in [1.29, 1.82) is 0 Å². The molecule has 172 valence electrons. The smallest absolute Gasteiger partial charge is 0.342 e. The molecule has 4 rings (SSSR count). The number of nitrogens with one attached hydrogen (secondary N) is 1. The zero-order valence-corrected chi connectivity index (χ0v) is 18.7. The summed E-state index contributed by atoms with van der Waals surface area (Å²) in [6.07, 6.45) is 1.53. The summed E-state index contributed by atoms with van der Waals surface area (Å²) in [5.41, 5.74) is 2.96. The summed E-state index contributed by atoms with van der Waals surface area (Å²) in [4.78, 5) is 29.8. The first-order chi connectivity index (χ1) is 16.4. The minimum absolute atomic E-state index is 0.00669. The molecule has 0 amide bonds. The van der Waals surface area contributed by atoms with E-state index < -0.39 is 10.9 Å². The number of aromatic nitrogens is 2. The van der Waals surface area contributed by atoms with E-state index in [4.69, 9.17) is 9.47 Å². The molecule has 2 N–H and O–H groups in total. The van der Waals surface area contributed by atoms with Crippen LogP contribution in [0.2, 0.25) is 0 Å². The van der Waals surface area contributed by atoms with E-state index in [9.17, 15) is 20.0 Å². The molecule has 0 aliphatic heterocycles. The lowest BCUT2D eigenvalue weighted by molar-refractivity contribution is -0.384. The topological polar surface area (TPSA) is 128 Å². The summed E-state index contributed by atoms with van der Waals surface area (Å²) in [5.74, 6) is -0.197. The number of non-ortho nitro benzene ring substituents is 1. The first kappa shape index (κ1) is 22.9. The van der Waals surface area contributed by atoms with Gasteiger partial charge in [0.25, 0.3) is 5.69 Å². The number of carbonyl (C=O) groups is 1. The van der Waals surface area contributed by atoms with Gasteiger partial charge in [-0.3, -0.25) is 10.1 Å². The number of methoxy groups -OCH3 is 1. The van der Waals surface area contributed by atoms with Gasteiger partial charge in [-0.2, -0.15) is 0 Å². The lowest BCUT2D eigenvalue weighted by atomic mass is 10.2. The number of fused-ring (bicyclic) bond motifs is 1. The number of H-pyrrole nitrogens is 1.